The van der Waals surface area contributed by atoms with Gasteiger partial charge in [-0.15, -0.1) is 11.6 Å². The van der Waals surface area contributed by atoms with E-state index in [1.54, 1.807) is 0 Å². The lowest BCUT2D eigenvalue weighted by molar-refractivity contribution is -0.101. The summed E-state index contributed by atoms with van der Waals surface area (Å²) in [6.07, 6.45) is 2.36. The van der Waals surface area contributed by atoms with Gasteiger partial charge in [0.25, 0.3) is 0 Å². The number of hydrogen-bond donors (Lipinski definition) is 0. The van der Waals surface area contributed by atoms with Crippen LogP contribution in [0, 0.1) is 5.41 Å². The summed E-state index contributed by atoms with van der Waals surface area (Å²) in [5, 5.41) is 0.268. The fourth-order valence-corrected chi connectivity index (χ4v) is 1.92. The third-order valence-electron chi connectivity index (χ3n) is 2.95. The fraction of sp³-hybridized carbons (Fsp3) is 1.00. The van der Waals surface area contributed by atoms with E-state index in [1.165, 1.54) is 0 Å². The second-order valence-electron chi connectivity index (χ2n) is 4.50. The molecule has 1 aliphatic rings. The minimum absolute atomic E-state index is 0.131. The van der Waals surface area contributed by atoms with Gasteiger partial charge in [-0.25, -0.2) is 0 Å². The molecule has 0 N–H and O–H groups in total. The van der Waals surface area contributed by atoms with Gasteiger partial charge in [0.1, 0.15) is 0 Å². The van der Waals surface area contributed by atoms with E-state index in [4.69, 9.17) is 21.1 Å². The van der Waals surface area contributed by atoms with E-state index in [-0.39, 0.29) is 10.8 Å². The molecule has 0 saturated heterocycles. The quantitative estimate of drug-likeness (QED) is 0.506. The van der Waals surface area contributed by atoms with E-state index in [0.717, 1.165) is 19.4 Å². The predicted molar refractivity (Wildman–Crippen MR) is 58.9 cm³/mol. The van der Waals surface area contributed by atoms with Crippen molar-refractivity contribution in [2.45, 2.75) is 45.1 Å². The summed E-state index contributed by atoms with van der Waals surface area (Å²) in [6.45, 7) is 8.64. The van der Waals surface area contributed by atoms with Crippen molar-refractivity contribution in [2.75, 3.05) is 19.8 Å². The SMILES string of the molecule is CCCOCCOC1CC(Cl)C1(C)C. The van der Waals surface area contributed by atoms with E-state index in [0.29, 0.717) is 19.3 Å². The highest BCUT2D eigenvalue weighted by atomic mass is 35.5. The zero-order valence-corrected chi connectivity index (χ0v) is 10.1. The number of alkyl halides is 1. The van der Waals surface area contributed by atoms with Crippen molar-refractivity contribution >= 4 is 11.6 Å². The van der Waals surface area contributed by atoms with Crippen molar-refractivity contribution in [3.8, 4) is 0 Å². The van der Waals surface area contributed by atoms with Gasteiger partial charge in [-0.2, -0.15) is 0 Å². The molecule has 1 saturated carbocycles. The molecule has 0 heterocycles. The monoisotopic (exact) mass is 220 g/mol. The van der Waals surface area contributed by atoms with Gasteiger partial charge in [-0.05, 0) is 12.8 Å². The molecule has 1 rings (SSSR count). The van der Waals surface area contributed by atoms with Crippen molar-refractivity contribution in [3.63, 3.8) is 0 Å². The highest BCUT2D eigenvalue weighted by Gasteiger charge is 2.47. The summed E-state index contributed by atoms with van der Waals surface area (Å²) in [5.41, 5.74) is 0.131. The molecule has 0 radical (unpaired) electrons. The Morgan fingerprint density at radius 3 is 2.50 bits per heavy atom. The second kappa shape index (κ2) is 5.34. The van der Waals surface area contributed by atoms with E-state index in [2.05, 4.69) is 20.8 Å². The number of rotatable bonds is 6. The molecule has 3 heteroatoms. The molecule has 84 valence electrons. The highest BCUT2D eigenvalue weighted by Crippen LogP contribution is 2.46. The van der Waals surface area contributed by atoms with Crippen LogP contribution >= 0.6 is 11.6 Å². The zero-order chi connectivity index (χ0) is 10.6. The first-order chi connectivity index (χ1) is 6.59. The predicted octanol–water partition coefficient (Wildman–Crippen LogP) is 2.84. The van der Waals surface area contributed by atoms with Crippen LogP contribution in [0.3, 0.4) is 0 Å². The van der Waals surface area contributed by atoms with Crippen LogP contribution in [0.1, 0.15) is 33.6 Å². The van der Waals surface area contributed by atoms with E-state index in [9.17, 15) is 0 Å². The van der Waals surface area contributed by atoms with Crippen LogP contribution in [0.25, 0.3) is 0 Å². The highest BCUT2D eigenvalue weighted by molar-refractivity contribution is 6.21. The van der Waals surface area contributed by atoms with Crippen molar-refractivity contribution in [2.24, 2.45) is 5.41 Å². The van der Waals surface area contributed by atoms with Gasteiger partial charge >= 0.3 is 0 Å². The summed E-state index contributed by atoms with van der Waals surface area (Å²) in [6, 6.07) is 0. The Kier molecular flexibility index (Phi) is 4.68. The Morgan fingerprint density at radius 2 is 2.00 bits per heavy atom. The molecule has 0 spiro atoms. The van der Waals surface area contributed by atoms with Crippen LogP contribution in [0.15, 0.2) is 0 Å². The molecule has 2 nitrogen and oxygen atoms in total. The van der Waals surface area contributed by atoms with Crippen LogP contribution < -0.4 is 0 Å². The smallest absolute Gasteiger partial charge is 0.0704 e. The Bertz CT molecular complexity index is 171. The van der Waals surface area contributed by atoms with Crippen molar-refractivity contribution in [1.29, 1.82) is 0 Å². The average Bonchev–Trinajstić information content (AvgIpc) is 2.16. The van der Waals surface area contributed by atoms with Crippen LogP contribution in [-0.4, -0.2) is 31.3 Å². The summed E-state index contributed by atoms with van der Waals surface area (Å²) < 4.78 is 11.0. The molecule has 0 bridgehead atoms. The molecule has 2 atom stereocenters. The minimum atomic E-state index is 0.131. The standard InChI is InChI=1S/C11H21ClO2/c1-4-5-13-6-7-14-10-8-9(12)11(10,2)3/h9-10H,4-8H2,1-3H3. The fourth-order valence-electron chi connectivity index (χ4n) is 1.62. The molecule has 0 aliphatic heterocycles. The Balaban J connectivity index is 2.03. The molecule has 0 aromatic carbocycles. The normalized spacial score (nSPS) is 30.0. The van der Waals surface area contributed by atoms with Gasteiger partial charge in [-0.1, -0.05) is 20.8 Å². The average molecular weight is 221 g/mol. The van der Waals surface area contributed by atoms with Crippen LogP contribution in [0.5, 0.6) is 0 Å². The lowest BCUT2D eigenvalue weighted by atomic mass is 9.68. The largest absolute Gasteiger partial charge is 0.379 e. The first kappa shape index (κ1) is 12.3. The van der Waals surface area contributed by atoms with Gasteiger partial charge < -0.3 is 9.47 Å². The Labute approximate surface area is 91.9 Å². The molecular formula is C11H21ClO2. The molecule has 2 unspecified atom stereocenters. The third-order valence-corrected chi connectivity index (χ3v) is 3.69. The first-order valence-corrected chi connectivity index (χ1v) is 5.86. The topological polar surface area (TPSA) is 18.5 Å². The number of halogens is 1. The maximum atomic E-state index is 6.09. The molecule has 0 aromatic rings. The van der Waals surface area contributed by atoms with Crippen LogP contribution in [0.2, 0.25) is 0 Å². The van der Waals surface area contributed by atoms with E-state index in [1.807, 2.05) is 0 Å². The number of hydrogen-bond acceptors (Lipinski definition) is 2. The summed E-state index contributed by atoms with van der Waals surface area (Å²) >= 11 is 6.09. The summed E-state index contributed by atoms with van der Waals surface area (Å²) in [5.74, 6) is 0. The van der Waals surface area contributed by atoms with Gasteiger partial charge in [0.05, 0.1) is 19.3 Å². The van der Waals surface area contributed by atoms with Crippen molar-refractivity contribution in [1.82, 2.24) is 0 Å². The van der Waals surface area contributed by atoms with E-state index >= 15 is 0 Å². The zero-order valence-electron chi connectivity index (χ0n) is 9.38. The van der Waals surface area contributed by atoms with Crippen molar-refractivity contribution in [3.05, 3.63) is 0 Å². The first-order valence-electron chi connectivity index (χ1n) is 5.42. The molecule has 1 fully saturated rings. The maximum Gasteiger partial charge on any atom is 0.0704 e. The lowest BCUT2D eigenvalue weighted by Crippen LogP contribution is -2.52. The second-order valence-corrected chi connectivity index (χ2v) is 5.02. The molecule has 0 amide bonds. The summed E-state index contributed by atoms with van der Waals surface area (Å²) in [7, 11) is 0. The van der Waals surface area contributed by atoms with Crippen molar-refractivity contribution < 1.29 is 9.47 Å². The third kappa shape index (κ3) is 2.85. The Hall–Kier alpha value is 0.210. The molecular weight excluding hydrogens is 200 g/mol. The minimum Gasteiger partial charge on any atom is -0.379 e. The molecule has 14 heavy (non-hydrogen) atoms. The summed E-state index contributed by atoms with van der Waals surface area (Å²) in [4.78, 5) is 0. The Morgan fingerprint density at radius 1 is 1.29 bits per heavy atom. The molecule has 0 aromatic heterocycles. The van der Waals surface area contributed by atoms with Crippen LogP contribution in [-0.2, 0) is 9.47 Å². The van der Waals surface area contributed by atoms with Gasteiger partial charge in [-0.3, -0.25) is 0 Å². The van der Waals surface area contributed by atoms with Gasteiger partial charge in [0, 0.05) is 17.4 Å². The van der Waals surface area contributed by atoms with Gasteiger partial charge in [0.15, 0.2) is 0 Å². The van der Waals surface area contributed by atoms with Gasteiger partial charge in [0.2, 0.25) is 0 Å². The van der Waals surface area contributed by atoms with E-state index < -0.39 is 0 Å². The maximum absolute atomic E-state index is 6.09. The number of ether oxygens (including phenoxy) is 2. The van der Waals surface area contributed by atoms with Crippen LogP contribution in [0.4, 0.5) is 0 Å². The lowest BCUT2D eigenvalue weighted by Gasteiger charge is -2.48. The molecule has 1 aliphatic carbocycles.